The zero-order valence-electron chi connectivity index (χ0n) is 14.6. The summed E-state index contributed by atoms with van der Waals surface area (Å²) in [5.74, 6) is 0.832. The molecule has 0 saturated carbocycles. The fourth-order valence-corrected chi connectivity index (χ4v) is 2.65. The van der Waals surface area contributed by atoms with Crippen molar-refractivity contribution >= 4 is 5.91 Å². The number of rotatable bonds is 5. The number of carbonyl (C=O) groups excluding carboxylic acids is 1. The van der Waals surface area contributed by atoms with Crippen molar-refractivity contribution in [3.05, 3.63) is 53.5 Å². The van der Waals surface area contributed by atoms with Gasteiger partial charge in [0, 0.05) is 24.4 Å². The van der Waals surface area contributed by atoms with Gasteiger partial charge in [-0.05, 0) is 26.0 Å². The van der Waals surface area contributed by atoms with Gasteiger partial charge >= 0.3 is 0 Å². The van der Waals surface area contributed by atoms with Crippen LogP contribution in [0.4, 0.5) is 0 Å². The summed E-state index contributed by atoms with van der Waals surface area (Å²) in [5, 5.41) is 11.0. The van der Waals surface area contributed by atoms with Crippen molar-refractivity contribution in [2.24, 2.45) is 7.05 Å². The van der Waals surface area contributed by atoms with Gasteiger partial charge in [-0.2, -0.15) is 5.10 Å². The molecule has 25 heavy (non-hydrogen) atoms. The van der Waals surface area contributed by atoms with Gasteiger partial charge in [0.15, 0.2) is 11.5 Å². The number of hydrogen-bond donors (Lipinski definition) is 1. The lowest BCUT2D eigenvalue weighted by Crippen LogP contribution is -2.27. The topological polar surface area (TPSA) is 82.2 Å². The normalized spacial score (nSPS) is 12.0. The van der Waals surface area contributed by atoms with Crippen molar-refractivity contribution in [2.75, 3.05) is 7.11 Å². The second-order valence-electron chi connectivity index (χ2n) is 5.78. The molecule has 0 unspecified atom stereocenters. The Hall–Kier alpha value is -3.09. The van der Waals surface area contributed by atoms with E-state index in [1.807, 2.05) is 45.2 Å². The zero-order chi connectivity index (χ0) is 18.0. The van der Waals surface area contributed by atoms with E-state index in [0.29, 0.717) is 11.5 Å². The van der Waals surface area contributed by atoms with Crippen LogP contribution in [0.2, 0.25) is 0 Å². The summed E-state index contributed by atoms with van der Waals surface area (Å²) in [6.45, 7) is 3.87. The molecule has 0 bridgehead atoms. The van der Waals surface area contributed by atoms with E-state index in [9.17, 15) is 4.79 Å². The first-order valence-corrected chi connectivity index (χ1v) is 7.90. The molecule has 0 aliphatic rings. The number of methoxy groups -OCH3 is 1. The van der Waals surface area contributed by atoms with Crippen LogP contribution in [0.5, 0.6) is 5.75 Å². The van der Waals surface area contributed by atoms with E-state index in [0.717, 1.165) is 16.8 Å². The molecule has 0 aliphatic carbocycles. The van der Waals surface area contributed by atoms with Crippen LogP contribution in [-0.4, -0.2) is 28.0 Å². The summed E-state index contributed by atoms with van der Waals surface area (Å²) in [6, 6.07) is 8.83. The van der Waals surface area contributed by atoms with Gasteiger partial charge in [0.25, 0.3) is 5.91 Å². The van der Waals surface area contributed by atoms with E-state index in [1.54, 1.807) is 24.1 Å². The van der Waals surface area contributed by atoms with Gasteiger partial charge in [0.2, 0.25) is 0 Å². The molecule has 3 rings (SSSR count). The van der Waals surface area contributed by atoms with E-state index >= 15 is 0 Å². The van der Waals surface area contributed by atoms with E-state index in [4.69, 9.17) is 9.26 Å². The number of aryl methyl sites for hydroxylation is 1. The minimum absolute atomic E-state index is 0.187. The molecular weight excluding hydrogens is 320 g/mol. The Kier molecular flexibility index (Phi) is 4.56. The highest BCUT2D eigenvalue weighted by atomic mass is 16.5. The van der Waals surface area contributed by atoms with Gasteiger partial charge in [0.05, 0.1) is 24.9 Å². The summed E-state index contributed by atoms with van der Waals surface area (Å²) >= 11 is 0. The molecular formula is C18H20N4O3. The third-order valence-corrected chi connectivity index (χ3v) is 4.20. The average Bonchev–Trinajstić information content (AvgIpc) is 3.23. The highest BCUT2D eigenvalue weighted by Gasteiger charge is 2.19. The molecule has 0 aliphatic heterocycles. The molecule has 1 N–H and O–H groups in total. The first-order chi connectivity index (χ1) is 12.0. The molecule has 0 radical (unpaired) electrons. The maximum absolute atomic E-state index is 12.5. The van der Waals surface area contributed by atoms with E-state index in [-0.39, 0.29) is 17.6 Å². The number of aromatic nitrogens is 3. The first kappa shape index (κ1) is 16.8. The number of benzene rings is 1. The Morgan fingerprint density at radius 2 is 2.12 bits per heavy atom. The fraction of sp³-hybridized carbons (Fsp3) is 0.278. The Bertz CT molecular complexity index is 897. The quantitative estimate of drug-likeness (QED) is 0.772. The number of nitrogens with zero attached hydrogens (tertiary/aromatic N) is 3. The molecule has 1 aromatic carbocycles. The van der Waals surface area contributed by atoms with Crippen LogP contribution < -0.4 is 10.1 Å². The molecule has 0 fully saturated rings. The van der Waals surface area contributed by atoms with Crippen molar-refractivity contribution in [1.29, 1.82) is 0 Å². The Morgan fingerprint density at radius 1 is 1.36 bits per heavy atom. The molecule has 7 nitrogen and oxygen atoms in total. The van der Waals surface area contributed by atoms with E-state index in [2.05, 4.69) is 15.6 Å². The second-order valence-corrected chi connectivity index (χ2v) is 5.78. The molecule has 2 heterocycles. The summed E-state index contributed by atoms with van der Waals surface area (Å²) in [7, 11) is 3.45. The summed E-state index contributed by atoms with van der Waals surface area (Å²) < 4.78 is 12.4. The average molecular weight is 340 g/mol. The number of ether oxygens (including phenoxy) is 1. The summed E-state index contributed by atoms with van der Waals surface area (Å²) in [6.07, 6.45) is 1.75. The number of para-hydroxylation sites is 1. The lowest BCUT2D eigenvalue weighted by atomic mass is 10.1. The third-order valence-electron chi connectivity index (χ3n) is 4.20. The smallest absolute Gasteiger partial charge is 0.273 e. The van der Waals surface area contributed by atoms with E-state index in [1.165, 1.54) is 0 Å². The molecule has 0 spiro atoms. The second kappa shape index (κ2) is 6.80. The minimum Gasteiger partial charge on any atom is -0.496 e. The summed E-state index contributed by atoms with van der Waals surface area (Å²) in [4.78, 5) is 12.5. The molecule has 1 atom stereocenters. The number of nitrogens with one attached hydrogen (secondary N) is 1. The Morgan fingerprint density at radius 3 is 2.80 bits per heavy atom. The van der Waals surface area contributed by atoms with Gasteiger partial charge in [-0.25, -0.2) is 0 Å². The Labute approximate surface area is 145 Å². The molecule has 2 aromatic heterocycles. The number of carbonyl (C=O) groups is 1. The van der Waals surface area contributed by atoms with Crippen molar-refractivity contribution in [1.82, 2.24) is 20.3 Å². The standard InChI is InChI=1S/C18H20N4O3/c1-11(14-10-19-22(3)12(14)2)20-18(23)15-9-17(25-21-15)13-7-5-6-8-16(13)24-4/h5-11H,1-4H3,(H,20,23)/t11-/m0/s1. The van der Waals surface area contributed by atoms with Crippen LogP contribution in [-0.2, 0) is 7.05 Å². The fourth-order valence-electron chi connectivity index (χ4n) is 2.65. The van der Waals surface area contributed by atoms with Crippen molar-refractivity contribution < 1.29 is 14.1 Å². The molecule has 3 aromatic rings. The Balaban J connectivity index is 1.78. The zero-order valence-corrected chi connectivity index (χ0v) is 14.6. The van der Waals surface area contributed by atoms with E-state index < -0.39 is 0 Å². The van der Waals surface area contributed by atoms with Crippen LogP contribution in [0.25, 0.3) is 11.3 Å². The number of hydrogen-bond acceptors (Lipinski definition) is 5. The van der Waals surface area contributed by atoms with Crippen LogP contribution >= 0.6 is 0 Å². The lowest BCUT2D eigenvalue weighted by molar-refractivity contribution is 0.0930. The maximum atomic E-state index is 12.5. The predicted molar refractivity (Wildman–Crippen MR) is 92.3 cm³/mol. The van der Waals surface area contributed by atoms with Gasteiger partial charge in [-0.1, -0.05) is 17.3 Å². The lowest BCUT2D eigenvalue weighted by Gasteiger charge is -2.12. The van der Waals surface area contributed by atoms with Crippen LogP contribution in [0.1, 0.15) is 34.7 Å². The van der Waals surface area contributed by atoms with Crippen LogP contribution in [0, 0.1) is 6.92 Å². The van der Waals surface area contributed by atoms with Crippen LogP contribution in [0.3, 0.4) is 0 Å². The summed E-state index contributed by atoms with van der Waals surface area (Å²) in [5.41, 5.74) is 2.92. The van der Waals surface area contributed by atoms with Gasteiger partial charge in [-0.15, -0.1) is 0 Å². The maximum Gasteiger partial charge on any atom is 0.273 e. The molecule has 0 saturated heterocycles. The molecule has 1 amide bonds. The van der Waals surface area contributed by atoms with Gasteiger partial charge in [0.1, 0.15) is 5.75 Å². The van der Waals surface area contributed by atoms with Crippen molar-refractivity contribution in [2.45, 2.75) is 19.9 Å². The van der Waals surface area contributed by atoms with Gasteiger partial charge < -0.3 is 14.6 Å². The largest absolute Gasteiger partial charge is 0.496 e. The van der Waals surface area contributed by atoms with Gasteiger partial charge in [-0.3, -0.25) is 9.48 Å². The third kappa shape index (κ3) is 3.26. The number of amides is 1. The molecule has 130 valence electrons. The highest BCUT2D eigenvalue weighted by molar-refractivity contribution is 5.93. The predicted octanol–water partition coefficient (Wildman–Crippen LogP) is 2.88. The minimum atomic E-state index is -0.305. The SMILES string of the molecule is COc1ccccc1-c1cc(C(=O)N[C@@H](C)c2cnn(C)c2C)no1. The van der Waals surface area contributed by atoms with Crippen LogP contribution in [0.15, 0.2) is 41.1 Å². The highest BCUT2D eigenvalue weighted by Crippen LogP contribution is 2.30. The monoisotopic (exact) mass is 340 g/mol. The molecule has 7 heteroatoms. The van der Waals surface area contributed by atoms with Crippen molar-refractivity contribution in [3.8, 4) is 17.1 Å². The first-order valence-electron chi connectivity index (χ1n) is 7.90. The van der Waals surface area contributed by atoms with Crippen molar-refractivity contribution in [3.63, 3.8) is 0 Å².